The second kappa shape index (κ2) is 10.5. The SMILES string of the molecule is C=CC(=O)NC1CCC(Nc2nc(Nc3cnn(CCOC)c3)ncc2C(N)=O)CC1. The van der Waals surface area contributed by atoms with Gasteiger partial charge in [0.05, 0.1) is 30.6 Å². The molecular weight excluding hydrogens is 400 g/mol. The number of carbonyl (C=O) groups is 2. The summed E-state index contributed by atoms with van der Waals surface area (Å²) < 4.78 is 6.79. The van der Waals surface area contributed by atoms with Gasteiger partial charge in [0.2, 0.25) is 11.9 Å². The average Bonchev–Trinajstić information content (AvgIpc) is 3.20. The summed E-state index contributed by atoms with van der Waals surface area (Å²) >= 11 is 0. The Labute approximate surface area is 180 Å². The van der Waals surface area contributed by atoms with Crippen molar-refractivity contribution in [3.8, 4) is 0 Å². The van der Waals surface area contributed by atoms with Crippen LogP contribution in [0.25, 0.3) is 0 Å². The minimum atomic E-state index is -0.603. The van der Waals surface area contributed by atoms with Crippen molar-refractivity contribution >= 4 is 29.3 Å². The van der Waals surface area contributed by atoms with E-state index in [1.54, 1.807) is 18.0 Å². The molecule has 0 aromatic carbocycles. The summed E-state index contributed by atoms with van der Waals surface area (Å²) in [6, 6.07) is 0.228. The Morgan fingerprint density at radius 1 is 1.29 bits per heavy atom. The van der Waals surface area contributed by atoms with Crippen molar-refractivity contribution in [2.24, 2.45) is 5.73 Å². The van der Waals surface area contributed by atoms with Crippen molar-refractivity contribution < 1.29 is 14.3 Å². The van der Waals surface area contributed by atoms with Gasteiger partial charge in [-0.1, -0.05) is 6.58 Å². The van der Waals surface area contributed by atoms with E-state index >= 15 is 0 Å². The maximum Gasteiger partial charge on any atom is 0.254 e. The monoisotopic (exact) mass is 428 g/mol. The first kappa shape index (κ1) is 22.2. The smallest absolute Gasteiger partial charge is 0.254 e. The summed E-state index contributed by atoms with van der Waals surface area (Å²) in [4.78, 5) is 32.0. The van der Waals surface area contributed by atoms with Crippen molar-refractivity contribution in [1.29, 1.82) is 0 Å². The molecule has 11 nitrogen and oxygen atoms in total. The molecule has 0 radical (unpaired) electrons. The van der Waals surface area contributed by atoms with Crippen molar-refractivity contribution in [3.63, 3.8) is 0 Å². The molecule has 2 aromatic rings. The zero-order valence-electron chi connectivity index (χ0n) is 17.5. The molecule has 1 aliphatic carbocycles. The van der Waals surface area contributed by atoms with E-state index in [4.69, 9.17) is 10.5 Å². The van der Waals surface area contributed by atoms with Crippen molar-refractivity contribution in [2.45, 2.75) is 44.3 Å². The highest BCUT2D eigenvalue weighted by molar-refractivity contribution is 5.97. The summed E-state index contributed by atoms with van der Waals surface area (Å²) in [5.74, 6) is -0.0565. The molecule has 0 spiro atoms. The number of nitrogens with zero attached hydrogens (tertiary/aromatic N) is 4. The van der Waals surface area contributed by atoms with Crippen molar-refractivity contribution in [3.05, 3.63) is 36.8 Å². The van der Waals surface area contributed by atoms with Crippen LogP contribution in [0.15, 0.2) is 31.2 Å². The van der Waals surface area contributed by atoms with E-state index in [-0.39, 0.29) is 23.6 Å². The molecule has 2 heterocycles. The number of anilines is 3. The molecule has 2 amide bonds. The lowest BCUT2D eigenvalue weighted by Gasteiger charge is -2.30. The van der Waals surface area contributed by atoms with Crippen LogP contribution in [-0.4, -0.2) is 57.4 Å². The molecule has 0 bridgehead atoms. The minimum Gasteiger partial charge on any atom is -0.383 e. The van der Waals surface area contributed by atoms with Gasteiger partial charge in [-0.15, -0.1) is 0 Å². The Hall–Kier alpha value is -3.47. The largest absolute Gasteiger partial charge is 0.383 e. The van der Waals surface area contributed by atoms with Gasteiger partial charge in [0, 0.05) is 31.6 Å². The minimum absolute atomic E-state index is 0.106. The molecule has 5 N–H and O–H groups in total. The molecule has 1 fully saturated rings. The number of nitrogens with two attached hydrogens (primary N) is 1. The number of hydrogen-bond acceptors (Lipinski definition) is 8. The van der Waals surface area contributed by atoms with Gasteiger partial charge in [0.1, 0.15) is 5.82 Å². The number of methoxy groups -OCH3 is 1. The maximum atomic E-state index is 11.8. The van der Waals surface area contributed by atoms with Gasteiger partial charge < -0.3 is 26.4 Å². The van der Waals surface area contributed by atoms with E-state index in [2.05, 4.69) is 37.6 Å². The molecule has 0 atom stereocenters. The lowest BCUT2D eigenvalue weighted by atomic mass is 9.91. The topological polar surface area (TPSA) is 149 Å². The lowest BCUT2D eigenvalue weighted by molar-refractivity contribution is -0.117. The van der Waals surface area contributed by atoms with E-state index in [9.17, 15) is 9.59 Å². The lowest BCUT2D eigenvalue weighted by Crippen LogP contribution is -2.39. The molecule has 0 aliphatic heterocycles. The van der Waals surface area contributed by atoms with Gasteiger partial charge in [-0.3, -0.25) is 14.3 Å². The van der Waals surface area contributed by atoms with Gasteiger partial charge in [0.15, 0.2) is 0 Å². The quantitative estimate of drug-likeness (QED) is 0.412. The number of carbonyl (C=O) groups excluding carboxylic acids is 2. The summed E-state index contributed by atoms with van der Waals surface area (Å²) in [5, 5.41) is 13.6. The van der Waals surface area contributed by atoms with E-state index in [1.165, 1.54) is 12.3 Å². The number of amides is 2. The van der Waals surface area contributed by atoms with E-state index in [0.29, 0.717) is 30.6 Å². The summed E-state index contributed by atoms with van der Waals surface area (Å²) in [5.41, 5.74) is 6.44. The number of aromatic nitrogens is 4. The zero-order valence-corrected chi connectivity index (χ0v) is 17.5. The van der Waals surface area contributed by atoms with Crippen molar-refractivity contribution in [1.82, 2.24) is 25.1 Å². The van der Waals surface area contributed by atoms with E-state index < -0.39 is 5.91 Å². The Balaban J connectivity index is 1.65. The average molecular weight is 428 g/mol. The third kappa shape index (κ3) is 6.25. The predicted octanol–water partition coefficient (Wildman–Crippen LogP) is 1.19. The third-order valence-corrected chi connectivity index (χ3v) is 5.07. The van der Waals surface area contributed by atoms with Gasteiger partial charge in [-0.2, -0.15) is 10.1 Å². The molecule has 166 valence electrons. The van der Waals surface area contributed by atoms with Crippen LogP contribution in [0, 0.1) is 0 Å². The Morgan fingerprint density at radius 2 is 2.03 bits per heavy atom. The van der Waals surface area contributed by atoms with Crippen molar-refractivity contribution in [2.75, 3.05) is 24.4 Å². The van der Waals surface area contributed by atoms with Gasteiger partial charge in [-0.05, 0) is 31.8 Å². The van der Waals surface area contributed by atoms with Crippen LogP contribution in [0.4, 0.5) is 17.5 Å². The first-order chi connectivity index (χ1) is 15.0. The van der Waals surface area contributed by atoms with E-state index in [0.717, 1.165) is 25.7 Å². The number of hydrogen-bond donors (Lipinski definition) is 4. The van der Waals surface area contributed by atoms with Crippen LogP contribution < -0.4 is 21.7 Å². The molecule has 0 unspecified atom stereocenters. The van der Waals surface area contributed by atoms with Crippen LogP contribution in [0.5, 0.6) is 0 Å². The second-order valence-electron chi connectivity index (χ2n) is 7.34. The van der Waals surface area contributed by atoms with Gasteiger partial charge >= 0.3 is 0 Å². The molecule has 31 heavy (non-hydrogen) atoms. The van der Waals surface area contributed by atoms with Crippen LogP contribution in [-0.2, 0) is 16.1 Å². The molecule has 1 aliphatic rings. The fourth-order valence-corrected chi connectivity index (χ4v) is 3.43. The van der Waals surface area contributed by atoms with Crippen LogP contribution in [0.1, 0.15) is 36.0 Å². The van der Waals surface area contributed by atoms with Crippen LogP contribution in [0.2, 0.25) is 0 Å². The summed E-state index contributed by atoms with van der Waals surface area (Å²) in [6.45, 7) is 4.66. The first-order valence-electron chi connectivity index (χ1n) is 10.1. The number of ether oxygens (including phenoxy) is 1. The van der Waals surface area contributed by atoms with Gasteiger partial charge in [-0.25, -0.2) is 4.98 Å². The fraction of sp³-hybridized carbons (Fsp3) is 0.450. The number of primary amides is 1. The molecule has 0 saturated heterocycles. The molecule has 1 saturated carbocycles. The zero-order chi connectivity index (χ0) is 22.2. The molecular formula is C20H28N8O3. The number of nitrogens with one attached hydrogen (secondary N) is 3. The molecule has 11 heteroatoms. The Bertz CT molecular complexity index is 921. The normalized spacial score (nSPS) is 18.2. The highest BCUT2D eigenvalue weighted by Crippen LogP contribution is 2.24. The van der Waals surface area contributed by atoms with E-state index in [1.807, 2.05) is 6.20 Å². The Kier molecular flexibility index (Phi) is 7.55. The summed E-state index contributed by atoms with van der Waals surface area (Å²) in [7, 11) is 1.63. The maximum absolute atomic E-state index is 11.8. The number of rotatable bonds is 10. The second-order valence-corrected chi connectivity index (χ2v) is 7.34. The molecule has 2 aromatic heterocycles. The highest BCUT2D eigenvalue weighted by atomic mass is 16.5. The van der Waals surface area contributed by atoms with Crippen LogP contribution in [0.3, 0.4) is 0 Å². The predicted molar refractivity (Wildman–Crippen MR) is 116 cm³/mol. The fourth-order valence-electron chi connectivity index (χ4n) is 3.43. The standard InChI is InChI=1S/C20H28N8O3/c1-3-17(29)24-13-4-6-14(7-5-13)25-19-16(18(21)30)11-22-20(27-19)26-15-10-23-28(12-15)8-9-31-2/h3,10-14H,1,4-9H2,2H3,(H2,21,30)(H,24,29)(H2,22,25,26,27). The first-order valence-corrected chi connectivity index (χ1v) is 10.1. The van der Waals surface area contributed by atoms with Crippen LogP contribution >= 0.6 is 0 Å². The summed E-state index contributed by atoms with van der Waals surface area (Å²) in [6.07, 6.45) is 9.44. The van der Waals surface area contributed by atoms with Gasteiger partial charge in [0.25, 0.3) is 5.91 Å². The highest BCUT2D eigenvalue weighted by Gasteiger charge is 2.24. The molecule has 3 rings (SSSR count). The Morgan fingerprint density at radius 3 is 2.71 bits per heavy atom. The third-order valence-electron chi connectivity index (χ3n) is 5.07.